The fourth-order valence-corrected chi connectivity index (χ4v) is 3.52. The van der Waals surface area contributed by atoms with Crippen molar-refractivity contribution in [2.75, 3.05) is 26.2 Å². The fraction of sp³-hybridized carbons (Fsp3) is 0.333. The molecule has 0 unspecified atom stereocenters. The van der Waals surface area contributed by atoms with E-state index in [2.05, 4.69) is 6.07 Å². The molecule has 6 heteroatoms. The molecule has 0 saturated carbocycles. The predicted molar refractivity (Wildman–Crippen MR) is 101 cm³/mol. The second-order valence-corrected chi connectivity index (χ2v) is 6.97. The van der Waals surface area contributed by atoms with E-state index in [1.54, 1.807) is 23.3 Å². The van der Waals surface area contributed by atoms with Crippen molar-refractivity contribution in [3.8, 4) is 0 Å². The minimum absolute atomic E-state index is 0.0565. The van der Waals surface area contributed by atoms with Crippen molar-refractivity contribution in [3.63, 3.8) is 0 Å². The Balaban J connectivity index is 1.40. The maximum atomic E-state index is 12.7. The van der Waals surface area contributed by atoms with Gasteiger partial charge in [-0.05, 0) is 37.1 Å². The third-order valence-corrected chi connectivity index (χ3v) is 5.33. The van der Waals surface area contributed by atoms with Gasteiger partial charge in [0.15, 0.2) is 5.76 Å². The highest BCUT2D eigenvalue weighted by atomic mass is 16.3. The molecule has 27 heavy (non-hydrogen) atoms. The first-order chi connectivity index (χ1) is 13.0. The van der Waals surface area contributed by atoms with Crippen LogP contribution in [0.3, 0.4) is 0 Å². The normalized spacial score (nSPS) is 14.7. The van der Waals surface area contributed by atoms with Gasteiger partial charge in [0, 0.05) is 37.1 Å². The number of carbonyl (C=O) groups excluding carboxylic acids is 2. The van der Waals surface area contributed by atoms with Crippen LogP contribution in [-0.2, 0) is 11.2 Å². The molecule has 0 radical (unpaired) electrons. The van der Waals surface area contributed by atoms with Crippen LogP contribution >= 0.6 is 0 Å². The van der Waals surface area contributed by atoms with Crippen molar-refractivity contribution in [2.24, 2.45) is 0 Å². The molecular weight excluding hydrogens is 344 g/mol. The van der Waals surface area contributed by atoms with E-state index in [0.29, 0.717) is 38.4 Å². The van der Waals surface area contributed by atoms with Crippen LogP contribution < -0.4 is 0 Å². The molecule has 1 aliphatic heterocycles. The highest BCUT2D eigenvalue weighted by molar-refractivity contribution is 5.92. The van der Waals surface area contributed by atoms with Crippen LogP contribution in [0.15, 0.2) is 45.6 Å². The first-order valence-corrected chi connectivity index (χ1v) is 9.11. The van der Waals surface area contributed by atoms with Gasteiger partial charge >= 0.3 is 0 Å². The molecule has 6 nitrogen and oxygen atoms in total. The lowest BCUT2D eigenvalue weighted by atomic mass is 10.0. The largest absolute Gasteiger partial charge is 0.464 e. The van der Waals surface area contributed by atoms with Crippen molar-refractivity contribution in [1.82, 2.24) is 9.80 Å². The number of benzene rings is 1. The SMILES string of the molecule is Cc1ccc2c(CC(=O)N3CCN(C(=O)c4ccco4)CC3)coc2c1C. The van der Waals surface area contributed by atoms with E-state index in [0.717, 1.165) is 22.1 Å². The summed E-state index contributed by atoms with van der Waals surface area (Å²) in [4.78, 5) is 28.6. The van der Waals surface area contributed by atoms with Crippen molar-refractivity contribution >= 4 is 22.8 Å². The number of piperazine rings is 1. The van der Waals surface area contributed by atoms with Crippen LogP contribution in [0.4, 0.5) is 0 Å². The molecule has 0 spiro atoms. The number of rotatable bonds is 3. The van der Waals surface area contributed by atoms with E-state index in [-0.39, 0.29) is 11.8 Å². The summed E-state index contributed by atoms with van der Waals surface area (Å²) in [5.41, 5.74) is 4.04. The van der Waals surface area contributed by atoms with E-state index in [1.165, 1.54) is 11.8 Å². The molecule has 3 heterocycles. The Morgan fingerprint density at radius 2 is 1.74 bits per heavy atom. The summed E-state index contributed by atoms with van der Waals surface area (Å²) in [5.74, 6) is 0.269. The maximum absolute atomic E-state index is 12.7. The Kier molecular flexibility index (Phi) is 4.48. The lowest BCUT2D eigenvalue weighted by molar-refractivity contribution is -0.131. The second-order valence-electron chi connectivity index (χ2n) is 6.97. The summed E-state index contributed by atoms with van der Waals surface area (Å²) in [6.45, 7) is 6.15. The Morgan fingerprint density at radius 1 is 1.00 bits per heavy atom. The third kappa shape index (κ3) is 3.23. The number of hydrogen-bond donors (Lipinski definition) is 0. The van der Waals surface area contributed by atoms with Crippen LogP contribution in [0.25, 0.3) is 11.0 Å². The van der Waals surface area contributed by atoms with Crippen LogP contribution in [0.2, 0.25) is 0 Å². The van der Waals surface area contributed by atoms with Gasteiger partial charge in [-0.2, -0.15) is 0 Å². The third-order valence-electron chi connectivity index (χ3n) is 5.33. The fourth-order valence-electron chi connectivity index (χ4n) is 3.52. The Hall–Kier alpha value is -3.02. The Morgan fingerprint density at radius 3 is 2.44 bits per heavy atom. The van der Waals surface area contributed by atoms with E-state index in [1.807, 2.05) is 24.8 Å². The van der Waals surface area contributed by atoms with Gasteiger partial charge in [-0.1, -0.05) is 12.1 Å². The number of furan rings is 2. The van der Waals surface area contributed by atoms with E-state index < -0.39 is 0 Å². The zero-order valence-corrected chi connectivity index (χ0v) is 15.5. The van der Waals surface area contributed by atoms with Gasteiger partial charge in [0.1, 0.15) is 5.58 Å². The average Bonchev–Trinajstić information content (AvgIpc) is 3.35. The molecule has 0 atom stereocenters. The Bertz CT molecular complexity index is 979. The molecule has 1 aliphatic rings. The quantitative estimate of drug-likeness (QED) is 0.714. The van der Waals surface area contributed by atoms with Crippen LogP contribution in [-0.4, -0.2) is 47.8 Å². The van der Waals surface area contributed by atoms with Crippen molar-refractivity contribution in [1.29, 1.82) is 0 Å². The molecule has 0 bridgehead atoms. The summed E-state index contributed by atoms with van der Waals surface area (Å²) >= 11 is 0. The van der Waals surface area contributed by atoms with E-state index >= 15 is 0 Å². The van der Waals surface area contributed by atoms with Crippen LogP contribution in [0.1, 0.15) is 27.2 Å². The molecule has 2 amide bonds. The molecule has 1 aromatic carbocycles. The molecular formula is C21H22N2O4. The summed E-state index contributed by atoms with van der Waals surface area (Å²) in [6, 6.07) is 7.43. The lowest BCUT2D eigenvalue weighted by Crippen LogP contribution is -2.50. The van der Waals surface area contributed by atoms with E-state index in [9.17, 15) is 9.59 Å². The number of aryl methyl sites for hydroxylation is 2. The van der Waals surface area contributed by atoms with Gasteiger partial charge in [-0.3, -0.25) is 9.59 Å². The van der Waals surface area contributed by atoms with Gasteiger partial charge in [0.2, 0.25) is 5.91 Å². The highest BCUT2D eigenvalue weighted by Gasteiger charge is 2.26. The van der Waals surface area contributed by atoms with Crippen LogP contribution in [0.5, 0.6) is 0 Å². The monoisotopic (exact) mass is 366 g/mol. The molecule has 3 aromatic rings. The molecule has 0 N–H and O–H groups in total. The number of carbonyl (C=O) groups is 2. The highest BCUT2D eigenvalue weighted by Crippen LogP contribution is 2.27. The number of hydrogen-bond acceptors (Lipinski definition) is 4. The molecule has 4 rings (SSSR count). The van der Waals surface area contributed by atoms with Crippen molar-refractivity contribution in [2.45, 2.75) is 20.3 Å². The maximum Gasteiger partial charge on any atom is 0.289 e. The molecule has 1 saturated heterocycles. The minimum atomic E-state index is -0.126. The summed E-state index contributed by atoms with van der Waals surface area (Å²) < 4.78 is 10.9. The zero-order chi connectivity index (χ0) is 19.0. The lowest BCUT2D eigenvalue weighted by Gasteiger charge is -2.34. The average molecular weight is 366 g/mol. The van der Waals surface area contributed by atoms with Crippen molar-refractivity contribution in [3.05, 3.63) is 59.2 Å². The Labute approximate surface area is 157 Å². The molecule has 1 fully saturated rings. The van der Waals surface area contributed by atoms with Crippen molar-refractivity contribution < 1.29 is 18.4 Å². The number of nitrogens with zero attached hydrogens (tertiary/aromatic N) is 2. The van der Waals surface area contributed by atoms with E-state index in [4.69, 9.17) is 8.83 Å². The van der Waals surface area contributed by atoms with Gasteiger partial charge in [0.25, 0.3) is 5.91 Å². The topological polar surface area (TPSA) is 66.9 Å². The summed E-state index contributed by atoms with van der Waals surface area (Å²) in [7, 11) is 0. The minimum Gasteiger partial charge on any atom is -0.464 e. The smallest absolute Gasteiger partial charge is 0.289 e. The predicted octanol–water partition coefficient (Wildman–Crippen LogP) is 3.17. The van der Waals surface area contributed by atoms with Gasteiger partial charge in [-0.25, -0.2) is 0 Å². The molecule has 0 aliphatic carbocycles. The standard InChI is InChI=1S/C21H22N2O4/c1-14-5-6-17-16(13-27-20(17)15(14)2)12-19(24)22-7-9-23(10-8-22)21(25)18-4-3-11-26-18/h3-6,11,13H,7-10,12H2,1-2H3. The number of amides is 2. The number of fused-ring (bicyclic) bond motifs is 1. The molecule has 2 aromatic heterocycles. The first-order valence-electron chi connectivity index (χ1n) is 9.11. The van der Waals surface area contributed by atoms with Gasteiger partial charge < -0.3 is 18.6 Å². The zero-order valence-electron chi connectivity index (χ0n) is 15.5. The molecule has 140 valence electrons. The van der Waals surface area contributed by atoms with Gasteiger partial charge in [0.05, 0.1) is 18.9 Å². The second kappa shape index (κ2) is 6.95. The van der Waals surface area contributed by atoms with Crippen LogP contribution in [0, 0.1) is 13.8 Å². The summed E-state index contributed by atoms with van der Waals surface area (Å²) in [5, 5.41) is 0.998. The summed E-state index contributed by atoms with van der Waals surface area (Å²) in [6.07, 6.45) is 3.48. The van der Waals surface area contributed by atoms with Gasteiger partial charge in [-0.15, -0.1) is 0 Å². The first kappa shape index (κ1) is 17.4.